The molecule has 1 aliphatic heterocycles. The van der Waals surface area contributed by atoms with E-state index in [1.54, 1.807) is 12.3 Å². The first-order valence-corrected chi connectivity index (χ1v) is 11.7. The summed E-state index contributed by atoms with van der Waals surface area (Å²) in [6.07, 6.45) is 4.56. The summed E-state index contributed by atoms with van der Waals surface area (Å²) >= 11 is 6.34. The second-order valence-corrected chi connectivity index (χ2v) is 9.47. The number of ether oxygens (including phenoxy) is 2. The minimum Gasteiger partial charge on any atom is -0.495 e. The molecule has 4 rings (SSSR count). The zero-order valence-corrected chi connectivity index (χ0v) is 18.1. The van der Waals surface area contributed by atoms with Crippen LogP contribution in [0.3, 0.4) is 0 Å². The Balaban J connectivity index is 1.69. The van der Waals surface area contributed by atoms with Gasteiger partial charge in [-0.05, 0) is 25.0 Å². The van der Waals surface area contributed by atoms with Gasteiger partial charge in [0.25, 0.3) is 0 Å². The topological polar surface area (TPSA) is 118 Å². The minimum atomic E-state index is -3.35. The highest BCUT2D eigenvalue weighted by molar-refractivity contribution is 7.90. The molecule has 0 spiro atoms. The monoisotopic (exact) mass is 451 g/mol. The number of fused-ring (bicyclic) bond motifs is 1. The van der Waals surface area contributed by atoms with Gasteiger partial charge in [-0.2, -0.15) is 9.97 Å². The first kappa shape index (κ1) is 20.7. The number of methoxy groups -OCH3 is 1. The lowest BCUT2D eigenvalue weighted by Crippen LogP contribution is -2.28. The maximum absolute atomic E-state index is 11.8. The average Bonchev–Trinajstić information content (AvgIpc) is 3.09. The summed E-state index contributed by atoms with van der Waals surface area (Å²) < 4.78 is 34.4. The molecule has 0 saturated carbocycles. The fourth-order valence-corrected chi connectivity index (χ4v) is 4.19. The van der Waals surface area contributed by atoms with E-state index in [2.05, 4.69) is 25.6 Å². The van der Waals surface area contributed by atoms with Crippen LogP contribution in [0.5, 0.6) is 5.75 Å². The summed E-state index contributed by atoms with van der Waals surface area (Å²) in [6, 6.07) is 4.81. The van der Waals surface area contributed by atoms with Gasteiger partial charge in [0.15, 0.2) is 9.84 Å². The van der Waals surface area contributed by atoms with Crippen LogP contribution in [-0.4, -0.2) is 56.0 Å². The molecule has 1 aromatic carbocycles. The molecule has 0 bridgehead atoms. The predicted octanol–water partition coefficient (Wildman–Crippen LogP) is 3.36. The van der Waals surface area contributed by atoms with E-state index in [4.69, 9.17) is 21.1 Å². The third-order valence-electron chi connectivity index (χ3n) is 4.89. The Labute approximate surface area is 179 Å². The molecule has 11 heteroatoms. The van der Waals surface area contributed by atoms with Gasteiger partial charge in [-0.25, -0.2) is 8.42 Å². The standard InChI is InChI=1S/C19H22ClN5O4S/c1-28-15-9-12(30(2,26)27)3-4-14(15)23-19-24-17-16(13(20)10-21-17)18(25-19)22-11-5-7-29-8-6-11/h3-4,9-11H,5-8H2,1-2H3,(H3,21,22,23,24,25). The number of benzene rings is 1. The second-order valence-electron chi connectivity index (χ2n) is 7.05. The van der Waals surface area contributed by atoms with Crippen molar-refractivity contribution in [2.24, 2.45) is 0 Å². The molecule has 1 aliphatic rings. The van der Waals surface area contributed by atoms with Crippen LogP contribution in [0.15, 0.2) is 29.3 Å². The van der Waals surface area contributed by atoms with E-state index in [1.165, 1.54) is 19.2 Å². The van der Waals surface area contributed by atoms with Crippen LogP contribution in [0.25, 0.3) is 11.0 Å². The molecule has 0 unspecified atom stereocenters. The molecule has 9 nitrogen and oxygen atoms in total. The van der Waals surface area contributed by atoms with Gasteiger partial charge in [-0.15, -0.1) is 0 Å². The van der Waals surface area contributed by atoms with Crippen molar-refractivity contribution in [1.29, 1.82) is 0 Å². The molecule has 0 amide bonds. The molecule has 0 aliphatic carbocycles. The van der Waals surface area contributed by atoms with Crippen molar-refractivity contribution in [3.63, 3.8) is 0 Å². The van der Waals surface area contributed by atoms with Gasteiger partial charge in [0, 0.05) is 37.8 Å². The number of nitrogens with zero attached hydrogens (tertiary/aromatic N) is 2. The maximum atomic E-state index is 11.8. The summed E-state index contributed by atoms with van der Waals surface area (Å²) in [7, 11) is -1.88. The summed E-state index contributed by atoms with van der Waals surface area (Å²) in [5.74, 6) is 1.30. The molecule has 30 heavy (non-hydrogen) atoms. The third-order valence-corrected chi connectivity index (χ3v) is 6.30. The molecule has 0 radical (unpaired) electrons. The fraction of sp³-hybridized carbons (Fsp3) is 0.368. The number of rotatable bonds is 6. The molecular weight excluding hydrogens is 430 g/mol. The predicted molar refractivity (Wildman–Crippen MR) is 116 cm³/mol. The van der Waals surface area contributed by atoms with Gasteiger partial charge >= 0.3 is 0 Å². The summed E-state index contributed by atoms with van der Waals surface area (Å²) in [4.78, 5) is 12.3. The van der Waals surface area contributed by atoms with Crippen molar-refractivity contribution in [2.75, 3.05) is 37.2 Å². The highest BCUT2D eigenvalue weighted by Gasteiger charge is 2.19. The lowest BCUT2D eigenvalue weighted by Gasteiger charge is -2.24. The van der Waals surface area contributed by atoms with Gasteiger partial charge in [0.05, 0.1) is 28.1 Å². The van der Waals surface area contributed by atoms with Crippen molar-refractivity contribution in [1.82, 2.24) is 15.0 Å². The van der Waals surface area contributed by atoms with Crippen LogP contribution in [0.4, 0.5) is 17.5 Å². The first-order chi connectivity index (χ1) is 14.3. The normalized spacial score (nSPS) is 15.3. The molecule has 1 saturated heterocycles. The quantitative estimate of drug-likeness (QED) is 0.522. The number of aromatic amines is 1. The highest BCUT2D eigenvalue weighted by atomic mass is 35.5. The highest BCUT2D eigenvalue weighted by Crippen LogP contribution is 2.33. The number of H-pyrrole nitrogens is 1. The SMILES string of the molecule is COc1cc(S(C)(=O)=O)ccc1Nc1nc(NC2CCOCC2)c2c(Cl)c[nH]c2n1. The van der Waals surface area contributed by atoms with E-state index in [1.807, 2.05) is 0 Å². The van der Waals surface area contributed by atoms with Crippen LogP contribution in [-0.2, 0) is 14.6 Å². The Morgan fingerprint density at radius 2 is 2.03 bits per heavy atom. The number of sulfone groups is 1. The van der Waals surface area contributed by atoms with E-state index in [-0.39, 0.29) is 10.9 Å². The smallest absolute Gasteiger partial charge is 0.231 e. The number of nitrogens with one attached hydrogen (secondary N) is 3. The van der Waals surface area contributed by atoms with Crippen LogP contribution in [0.2, 0.25) is 5.02 Å². The molecule has 3 aromatic rings. The maximum Gasteiger partial charge on any atom is 0.231 e. The summed E-state index contributed by atoms with van der Waals surface area (Å²) in [5, 5.41) is 7.80. The van der Waals surface area contributed by atoms with Crippen molar-refractivity contribution in [2.45, 2.75) is 23.8 Å². The van der Waals surface area contributed by atoms with Gasteiger partial charge < -0.3 is 25.1 Å². The first-order valence-electron chi connectivity index (χ1n) is 9.39. The molecule has 1 fully saturated rings. The molecule has 160 valence electrons. The Kier molecular flexibility index (Phi) is 5.72. The van der Waals surface area contributed by atoms with E-state index in [0.29, 0.717) is 52.5 Å². The Hall–Kier alpha value is -2.56. The summed E-state index contributed by atoms with van der Waals surface area (Å²) in [6.45, 7) is 1.39. The largest absolute Gasteiger partial charge is 0.495 e. The van der Waals surface area contributed by atoms with Gasteiger partial charge in [-0.3, -0.25) is 0 Å². The lowest BCUT2D eigenvalue weighted by molar-refractivity contribution is 0.0904. The second kappa shape index (κ2) is 8.29. The van der Waals surface area contributed by atoms with Crippen molar-refractivity contribution in [3.05, 3.63) is 29.4 Å². The Bertz CT molecular complexity index is 1180. The van der Waals surface area contributed by atoms with Gasteiger partial charge in [0.2, 0.25) is 5.95 Å². The number of hydrogen-bond donors (Lipinski definition) is 3. The molecule has 0 atom stereocenters. The third kappa shape index (κ3) is 4.30. The number of anilines is 3. The lowest BCUT2D eigenvalue weighted by atomic mass is 10.1. The van der Waals surface area contributed by atoms with Crippen LogP contribution in [0, 0.1) is 0 Å². The molecule has 2 aromatic heterocycles. The van der Waals surface area contributed by atoms with Crippen LogP contribution in [0.1, 0.15) is 12.8 Å². The van der Waals surface area contributed by atoms with Crippen molar-refractivity contribution in [3.8, 4) is 5.75 Å². The zero-order chi connectivity index (χ0) is 21.3. The fourth-order valence-electron chi connectivity index (χ4n) is 3.32. The van der Waals surface area contributed by atoms with Crippen LogP contribution >= 0.6 is 11.6 Å². The van der Waals surface area contributed by atoms with E-state index in [0.717, 1.165) is 19.1 Å². The number of aromatic nitrogens is 3. The molecular formula is C19H22ClN5O4S. The molecule has 3 N–H and O–H groups in total. The van der Waals surface area contributed by atoms with Gasteiger partial charge in [0.1, 0.15) is 17.2 Å². The van der Waals surface area contributed by atoms with Gasteiger partial charge in [-0.1, -0.05) is 11.6 Å². The van der Waals surface area contributed by atoms with E-state index in [9.17, 15) is 8.42 Å². The van der Waals surface area contributed by atoms with E-state index >= 15 is 0 Å². The number of halogens is 1. The van der Waals surface area contributed by atoms with E-state index < -0.39 is 9.84 Å². The Morgan fingerprint density at radius 3 is 2.73 bits per heavy atom. The number of hydrogen-bond acceptors (Lipinski definition) is 8. The van der Waals surface area contributed by atoms with Crippen LogP contribution < -0.4 is 15.4 Å². The zero-order valence-electron chi connectivity index (χ0n) is 16.5. The van der Waals surface area contributed by atoms with Crippen molar-refractivity contribution >= 4 is 49.9 Å². The Morgan fingerprint density at radius 1 is 1.27 bits per heavy atom. The average molecular weight is 452 g/mol. The van der Waals surface area contributed by atoms with Crippen molar-refractivity contribution < 1.29 is 17.9 Å². The minimum absolute atomic E-state index is 0.166. The molecule has 3 heterocycles. The summed E-state index contributed by atoms with van der Waals surface area (Å²) in [5.41, 5.74) is 1.12.